The molecule has 0 fully saturated rings. The molecule has 0 heterocycles. The molecule has 4 heteroatoms. The van der Waals surface area contributed by atoms with Crippen molar-refractivity contribution in [2.75, 3.05) is 5.88 Å². The molecule has 0 amide bonds. The van der Waals surface area contributed by atoms with E-state index in [1.807, 2.05) is 0 Å². The van der Waals surface area contributed by atoms with Crippen LogP contribution in [0.3, 0.4) is 0 Å². The minimum atomic E-state index is -0.554. The van der Waals surface area contributed by atoms with Gasteiger partial charge in [0.2, 0.25) is 0 Å². The first kappa shape index (κ1) is 8.90. The SMILES string of the molecule is ClC/C(Cl)=C/C(Cl)Cl. The van der Waals surface area contributed by atoms with Crippen LogP contribution in [0, 0.1) is 0 Å². The molecule has 48 valence electrons. The van der Waals surface area contributed by atoms with Crippen molar-refractivity contribution < 1.29 is 0 Å². The van der Waals surface area contributed by atoms with Crippen LogP contribution in [-0.4, -0.2) is 10.7 Å². The zero-order valence-corrected chi connectivity index (χ0v) is 6.90. The van der Waals surface area contributed by atoms with E-state index in [0.29, 0.717) is 5.03 Å². The summed E-state index contributed by atoms with van der Waals surface area (Å²) in [6, 6.07) is 0. The Morgan fingerprint density at radius 3 is 2.12 bits per heavy atom. The summed E-state index contributed by atoms with van der Waals surface area (Å²) in [4.78, 5) is -0.554. The second kappa shape index (κ2) is 4.75. The fourth-order valence-corrected chi connectivity index (χ4v) is 0.829. The molecular weight excluding hydrogens is 190 g/mol. The van der Waals surface area contributed by atoms with E-state index in [9.17, 15) is 0 Å². The molecule has 0 aliphatic rings. The van der Waals surface area contributed by atoms with E-state index in [1.165, 1.54) is 6.08 Å². The molecule has 0 unspecified atom stereocenters. The van der Waals surface area contributed by atoms with Crippen molar-refractivity contribution in [1.29, 1.82) is 0 Å². The van der Waals surface area contributed by atoms with E-state index in [-0.39, 0.29) is 5.88 Å². The van der Waals surface area contributed by atoms with Gasteiger partial charge in [0.25, 0.3) is 0 Å². The van der Waals surface area contributed by atoms with Gasteiger partial charge < -0.3 is 0 Å². The molecule has 0 N–H and O–H groups in total. The highest BCUT2D eigenvalue weighted by molar-refractivity contribution is 6.46. The summed E-state index contributed by atoms with van der Waals surface area (Å²) >= 11 is 21.3. The first-order chi connectivity index (χ1) is 3.66. The summed E-state index contributed by atoms with van der Waals surface area (Å²) in [6.07, 6.45) is 1.47. The van der Waals surface area contributed by atoms with Crippen LogP contribution in [0.1, 0.15) is 0 Å². The minimum Gasteiger partial charge on any atom is -0.121 e. The zero-order chi connectivity index (χ0) is 6.57. The van der Waals surface area contributed by atoms with Crippen LogP contribution in [-0.2, 0) is 0 Å². The molecule has 0 aromatic rings. The molecule has 0 aromatic heterocycles. The van der Waals surface area contributed by atoms with E-state index in [0.717, 1.165) is 0 Å². The predicted octanol–water partition coefficient (Wildman–Crippen LogP) is 3.15. The zero-order valence-electron chi connectivity index (χ0n) is 3.87. The molecule has 0 saturated carbocycles. The molecule has 0 aliphatic heterocycles. The monoisotopic (exact) mass is 192 g/mol. The number of hydrogen-bond acceptors (Lipinski definition) is 0. The van der Waals surface area contributed by atoms with Crippen molar-refractivity contribution in [3.05, 3.63) is 11.1 Å². The quantitative estimate of drug-likeness (QED) is 0.592. The lowest BCUT2D eigenvalue weighted by atomic mass is 10.6. The molecule has 0 atom stereocenters. The van der Waals surface area contributed by atoms with Gasteiger partial charge in [0.05, 0.1) is 5.88 Å². The number of rotatable bonds is 2. The van der Waals surface area contributed by atoms with Gasteiger partial charge in [-0.15, -0.1) is 34.8 Å². The van der Waals surface area contributed by atoms with Crippen molar-refractivity contribution in [2.24, 2.45) is 0 Å². The predicted molar refractivity (Wildman–Crippen MR) is 40.2 cm³/mol. The topological polar surface area (TPSA) is 0 Å². The fourth-order valence-electron chi connectivity index (χ4n) is 0.181. The summed E-state index contributed by atoms with van der Waals surface area (Å²) in [5, 5.41) is 0.474. The van der Waals surface area contributed by atoms with Gasteiger partial charge >= 0.3 is 0 Å². The molecule has 0 rings (SSSR count). The summed E-state index contributed by atoms with van der Waals surface area (Å²) < 4.78 is 0. The Morgan fingerprint density at radius 1 is 1.50 bits per heavy atom. The van der Waals surface area contributed by atoms with Crippen LogP contribution in [0.2, 0.25) is 0 Å². The summed E-state index contributed by atoms with van der Waals surface area (Å²) in [6.45, 7) is 0. The van der Waals surface area contributed by atoms with Crippen molar-refractivity contribution in [2.45, 2.75) is 4.84 Å². The van der Waals surface area contributed by atoms with Crippen molar-refractivity contribution in [3.63, 3.8) is 0 Å². The maximum atomic E-state index is 5.42. The van der Waals surface area contributed by atoms with Crippen molar-refractivity contribution >= 4 is 46.4 Å². The average Bonchev–Trinajstić information content (AvgIpc) is 1.65. The van der Waals surface area contributed by atoms with Crippen LogP contribution in [0.4, 0.5) is 0 Å². The lowest BCUT2D eigenvalue weighted by molar-refractivity contribution is 1.52. The van der Waals surface area contributed by atoms with Gasteiger partial charge in [0.15, 0.2) is 0 Å². The van der Waals surface area contributed by atoms with Gasteiger partial charge in [-0.3, -0.25) is 0 Å². The number of alkyl halides is 3. The molecule has 0 radical (unpaired) electrons. The molecular formula is C4H4Cl4. The lowest BCUT2D eigenvalue weighted by Crippen LogP contribution is -1.80. The molecule has 0 saturated heterocycles. The van der Waals surface area contributed by atoms with Crippen LogP contribution >= 0.6 is 46.4 Å². The van der Waals surface area contributed by atoms with Gasteiger partial charge in [-0.1, -0.05) is 11.6 Å². The number of hydrogen-bond donors (Lipinski definition) is 0. The van der Waals surface area contributed by atoms with Crippen molar-refractivity contribution in [1.82, 2.24) is 0 Å². The summed E-state index contributed by atoms with van der Waals surface area (Å²) in [5.41, 5.74) is 0. The normalized spacial score (nSPS) is 12.9. The van der Waals surface area contributed by atoms with E-state index >= 15 is 0 Å². The Hall–Kier alpha value is 0.900. The third-order valence-corrected chi connectivity index (χ3v) is 1.37. The van der Waals surface area contributed by atoms with Crippen LogP contribution < -0.4 is 0 Å². The Morgan fingerprint density at radius 2 is 2.00 bits per heavy atom. The largest absolute Gasteiger partial charge is 0.127 e. The summed E-state index contributed by atoms with van der Waals surface area (Å²) in [5.74, 6) is 0.261. The van der Waals surface area contributed by atoms with Gasteiger partial charge in [-0.2, -0.15) is 0 Å². The maximum Gasteiger partial charge on any atom is 0.127 e. The van der Waals surface area contributed by atoms with Crippen molar-refractivity contribution in [3.8, 4) is 0 Å². The van der Waals surface area contributed by atoms with Crippen LogP contribution in [0.5, 0.6) is 0 Å². The van der Waals surface area contributed by atoms with Gasteiger partial charge in [0.1, 0.15) is 4.84 Å². The van der Waals surface area contributed by atoms with Gasteiger partial charge in [-0.25, -0.2) is 0 Å². The third-order valence-electron chi connectivity index (χ3n) is 0.434. The minimum absolute atomic E-state index is 0.261. The second-order valence-electron chi connectivity index (χ2n) is 1.08. The maximum absolute atomic E-state index is 5.42. The first-order valence-corrected chi connectivity index (χ1v) is 3.65. The standard InChI is InChI=1S/C4H4Cl4/c5-2-3(6)1-4(7)8/h1,4H,2H2/b3-1-. The lowest BCUT2D eigenvalue weighted by Gasteiger charge is -1.90. The third kappa shape index (κ3) is 5.04. The highest BCUT2D eigenvalue weighted by atomic mass is 35.5. The van der Waals surface area contributed by atoms with E-state index < -0.39 is 4.84 Å². The molecule has 8 heavy (non-hydrogen) atoms. The number of allylic oxidation sites excluding steroid dienone is 2. The highest BCUT2D eigenvalue weighted by Crippen LogP contribution is 2.11. The van der Waals surface area contributed by atoms with E-state index in [2.05, 4.69) is 0 Å². The second-order valence-corrected chi connectivity index (χ2v) is 3.00. The van der Waals surface area contributed by atoms with E-state index in [4.69, 9.17) is 46.4 Å². The fraction of sp³-hybridized carbons (Fsp3) is 0.500. The van der Waals surface area contributed by atoms with E-state index in [1.54, 1.807) is 0 Å². The molecule has 0 aromatic carbocycles. The Labute approximate surface area is 68.4 Å². The molecule has 0 bridgehead atoms. The molecule has 0 nitrogen and oxygen atoms in total. The Kier molecular flexibility index (Phi) is 5.28. The molecule has 0 aliphatic carbocycles. The van der Waals surface area contributed by atoms with Gasteiger partial charge in [-0.05, 0) is 6.08 Å². The van der Waals surface area contributed by atoms with Crippen LogP contribution in [0.25, 0.3) is 0 Å². The first-order valence-electron chi connectivity index (χ1n) is 1.87. The Balaban J connectivity index is 3.56. The molecule has 0 spiro atoms. The Bertz CT molecular complexity index is 86.0. The van der Waals surface area contributed by atoms with Gasteiger partial charge in [0, 0.05) is 5.03 Å². The highest BCUT2D eigenvalue weighted by Gasteiger charge is 1.93. The van der Waals surface area contributed by atoms with Crippen LogP contribution in [0.15, 0.2) is 11.1 Å². The number of halogens is 4. The smallest absolute Gasteiger partial charge is 0.121 e. The average molecular weight is 194 g/mol. The summed E-state index contributed by atoms with van der Waals surface area (Å²) in [7, 11) is 0.